The number of rotatable bonds is 7. The Labute approximate surface area is 226 Å². The van der Waals surface area contributed by atoms with Gasteiger partial charge in [0, 0.05) is 26.2 Å². The van der Waals surface area contributed by atoms with Gasteiger partial charge >= 0.3 is 0 Å². The van der Waals surface area contributed by atoms with E-state index in [9.17, 15) is 9.59 Å². The van der Waals surface area contributed by atoms with Crippen LogP contribution in [0.15, 0.2) is 48.5 Å². The highest BCUT2D eigenvalue weighted by atomic mass is 35.5. The first kappa shape index (κ1) is 26.1. The predicted octanol–water partition coefficient (Wildman–Crippen LogP) is 6.34. The molecule has 3 fully saturated rings. The Morgan fingerprint density at radius 1 is 0.973 bits per heavy atom. The molecule has 198 valence electrons. The zero-order valence-corrected chi connectivity index (χ0v) is 22.9. The Morgan fingerprint density at radius 3 is 2.30 bits per heavy atom. The summed E-state index contributed by atoms with van der Waals surface area (Å²) in [4.78, 5) is 29.9. The Morgan fingerprint density at radius 2 is 1.65 bits per heavy atom. The molecule has 0 N–H and O–H groups in total. The van der Waals surface area contributed by atoms with Crippen LogP contribution in [-0.4, -0.2) is 54.4 Å². The first-order valence-corrected chi connectivity index (χ1v) is 14.2. The molecular weight excluding hydrogens is 484 g/mol. The van der Waals surface area contributed by atoms with E-state index in [1.165, 1.54) is 12.8 Å². The van der Waals surface area contributed by atoms with Gasteiger partial charge in [-0.05, 0) is 93.9 Å². The van der Waals surface area contributed by atoms with Gasteiger partial charge < -0.3 is 14.5 Å². The largest absolute Gasteiger partial charge is 0.494 e. The summed E-state index contributed by atoms with van der Waals surface area (Å²) >= 11 is 6.42. The van der Waals surface area contributed by atoms with Crippen molar-refractivity contribution in [3.05, 3.63) is 64.7 Å². The molecule has 2 saturated heterocycles. The van der Waals surface area contributed by atoms with E-state index < -0.39 is 5.41 Å². The average Bonchev–Trinajstić information content (AvgIpc) is 3.43. The summed E-state index contributed by atoms with van der Waals surface area (Å²) in [7, 11) is 0. The molecule has 0 unspecified atom stereocenters. The van der Waals surface area contributed by atoms with E-state index in [1.54, 1.807) is 12.1 Å². The first-order chi connectivity index (χ1) is 17.8. The van der Waals surface area contributed by atoms with Gasteiger partial charge in [0.15, 0.2) is 0 Å². The van der Waals surface area contributed by atoms with Gasteiger partial charge in [0.2, 0.25) is 5.91 Å². The number of hydrogen-bond donors (Lipinski definition) is 0. The standard InChI is InChI=1S/C31H39ClN2O3/c1-30(2,24-8-4-3-5-9-24)29(36)34-17-13-31(14-18-34)21-23(22-31)12-19-37-25-10-11-26(27(32)20-25)28(35)33-15-6-7-16-33/h3-5,8-11,20,23H,6-7,12-19,21-22H2,1-2H3. The molecule has 3 aliphatic rings. The van der Waals surface area contributed by atoms with Crippen LogP contribution in [0.1, 0.15) is 74.7 Å². The summed E-state index contributed by atoms with van der Waals surface area (Å²) in [5.41, 5.74) is 1.56. The number of benzene rings is 2. The first-order valence-electron chi connectivity index (χ1n) is 13.8. The summed E-state index contributed by atoms with van der Waals surface area (Å²) in [6, 6.07) is 15.6. The minimum Gasteiger partial charge on any atom is -0.494 e. The number of carbonyl (C=O) groups is 2. The molecule has 0 aromatic heterocycles. The molecule has 37 heavy (non-hydrogen) atoms. The molecule has 2 aliphatic heterocycles. The monoisotopic (exact) mass is 522 g/mol. The summed E-state index contributed by atoms with van der Waals surface area (Å²) < 4.78 is 5.99. The molecule has 0 atom stereocenters. The van der Waals surface area contributed by atoms with Gasteiger partial charge in [-0.25, -0.2) is 0 Å². The van der Waals surface area contributed by atoms with Crippen molar-refractivity contribution in [2.24, 2.45) is 11.3 Å². The molecule has 5 nitrogen and oxygen atoms in total. The van der Waals surface area contributed by atoms with Crippen molar-refractivity contribution in [1.82, 2.24) is 9.80 Å². The zero-order valence-electron chi connectivity index (χ0n) is 22.2. The van der Waals surface area contributed by atoms with E-state index in [-0.39, 0.29) is 11.8 Å². The highest BCUT2D eigenvalue weighted by Gasteiger charge is 2.47. The normalized spacial score (nSPS) is 19.6. The third-order valence-electron chi connectivity index (χ3n) is 8.94. The van der Waals surface area contributed by atoms with Gasteiger partial charge in [0.25, 0.3) is 5.91 Å². The van der Waals surface area contributed by atoms with Gasteiger partial charge in [-0.15, -0.1) is 0 Å². The molecule has 5 rings (SSSR count). The third kappa shape index (κ3) is 5.52. The van der Waals surface area contributed by atoms with E-state index >= 15 is 0 Å². The second-order valence-electron chi connectivity index (χ2n) is 11.8. The van der Waals surface area contributed by atoms with Crippen LogP contribution in [0.3, 0.4) is 0 Å². The number of ether oxygens (including phenoxy) is 1. The highest BCUT2D eigenvalue weighted by molar-refractivity contribution is 6.34. The van der Waals surface area contributed by atoms with Gasteiger partial charge in [0.05, 0.1) is 22.6 Å². The summed E-state index contributed by atoms with van der Waals surface area (Å²) in [6.07, 6.45) is 7.81. The number of carbonyl (C=O) groups excluding carboxylic acids is 2. The Bertz CT molecular complexity index is 1110. The number of likely N-dealkylation sites (tertiary alicyclic amines) is 2. The van der Waals surface area contributed by atoms with Crippen molar-refractivity contribution in [2.45, 2.75) is 64.2 Å². The fourth-order valence-electron chi connectivity index (χ4n) is 6.53. The van der Waals surface area contributed by atoms with Crippen LogP contribution in [0.4, 0.5) is 0 Å². The SMILES string of the molecule is CC(C)(C(=O)N1CCC2(CC1)CC(CCOc1ccc(C(=O)N3CCCC3)c(Cl)c1)C2)c1ccccc1. The van der Waals surface area contributed by atoms with Crippen LogP contribution < -0.4 is 4.74 Å². The van der Waals surface area contributed by atoms with Crippen LogP contribution in [0, 0.1) is 11.3 Å². The number of nitrogens with zero attached hydrogens (tertiary/aromatic N) is 2. The van der Waals surface area contributed by atoms with E-state index in [2.05, 4.69) is 17.0 Å². The Hall–Kier alpha value is -2.53. The molecule has 1 saturated carbocycles. The summed E-state index contributed by atoms with van der Waals surface area (Å²) in [5, 5.41) is 0.466. The zero-order chi connectivity index (χ0) is 26.0. The van der Waals surface area contributed by atoms with Crippen molar-refractivity contribution >= 4 is 23.4 Å². The van der Waals surface area contributed by atoms with Crippen LogP contribution in [-0.2, 0) is 10.2 Å². The number of halogens is 1. The lowest BCUT2D eigenvalue weighted by Gasteiger charge is -2.53. The maximum atomic E-state index is 13.3. The van der Waals surface area contributed by atoms with Crippen molar-refractivity contribution in [2.75, 3.05) is 32.8 Å². The molecule has 1 spiro atoms. The van der Waals surface area contributed by atoms with Gasteiger partial charge in [-0.2, -0.15) is 0 Å². The van der Waals surface area contributed by atoms with Crippen LogP contribution in [0.25, 0.3) is 0 Å². The summed E-state index contributed by atoms with van der Waals surface area (Å²) in [5.74, 6) is 1.66. The Balaban J connectivity index is 1.05. The Kier molecular flexibility index (Phi) is 7.53. The maximum absolute atomic E-state index is 13.3. The second-order valence-corrected chi connectivity index (χ2v) is 12.2. The van der Waals surface area contributed by atoms with Crippen LogP contribution in [0.5, 0.6) is 5.75 Å². The molecule has 6 heteroatoms. The lowest BCUT2D eigenvalue weighted by atomic mass is 9.57. The fourth-order valence-corrected chi connectivity index (χ4v) is 6.78. The highest BCUT2D eigenvalue weighted by Crippen LogP contribution is 2.54. The van der Waals surface area contributed by atoms with E-state index in [0.29, 0.717) is 28.5 Å². The molecule has 2 amide bonds. The molecule has 2 aromatic carbocycles. The van der Waals surface area contributed by atoms with Crippen molar-refractivity contribution in [3.63, 3.8) is 0 Å². The van der Waals surface area contributed by atoms with Crippen molar-refractivity contribution < 1.29 is 14.3 Å². The molecule has 1 aliphatic carbocycles. The average molecular weight is 523 g/mol. The maximum Gasteiger partial charge on any atom is 0.255 e. The smallest absolute Gasteiger partial charge is 0.255 e. The molecule has 2 heterocycles. The van der Waals surface area contributed by atoms with Crippen molar-refractivity contribution in [3.8, 4) is 5.75 Å². The van der Waals surface area contributed by atoms with Gasteiger partial charge in [-0.3, -0.25) is 9.59 Å². The van der Waals surface area contributed by atoms with E-state index in [4.69, 9.17) is 16.3 Å². The van der Waals surface area contributed by atoms with E-state index in [1.807, 2.05) is 43.0 Å². The number of hydrogen-bond acceptors (Lipinski definition) is 3. The number of amides is 2. The van der Waals surface area contributed by atoms with E-state index in [0.717, 1.165) is 69.6 Å². The molecule has 2 aromatic rings. The van der Waals surface area contributed by atoms with Crippen LogP contribution in [0.2, 0.25) is 5.02 Å². The molecule has 0 bridgehead atoms. The quantitative estimate of drug-likeness (QED) is 0.426. The minimum absolute atomic E-state index is 0.0187. The van der Waals surface area contributed by atoms with Gasteiger partial charge in [-0.1, -0.05) is 41.9 Å². The lowest BCUT2D eigenvalue weighted by molar-refractivity contribution is -0.140. The fraction of sp³-hybridized carbons (Fsp3) is 0.548. The second kappa shape index (κ2) is 10.7. The molecule has 0 radical (unpaired) electrons. The summed E-state index contributed by atoms with van der Waals surface area (Å²) in [6.45, 7) is 8.10. The topological polar surface area (TPSA) is 49.9 Å². The lowest BCUT2D eigenvalue weighted by Crippen LogP contribution is -2.52. The minimum atomic E-state index is -0.492. The van der Waals surface area contributed by atoms with Gasteiger partial charge in [0.1, 0.15) is 5.75 Å². The molecular formula is C31H39ClN2O3. The third-order valence-corrected chi connectivity index (χ3v) is 9.26. The van der Waals surface area contributed by atoms with Crippen LogP contribution >= 0.6 is 11.6 Å². The predicted molar refractivity (Wildman–Crippen MR) is 147 cm³/mol. The van der Waals surface area contributed by atoms with Crippen molar-refractivity contribution in [1.29, 1.82) is 0 Å². The number of piperidine rings is 1.